The number of hydrogen-bond donors (Lipinski definition) is 0. The van der Waals surface area contributed by atoms with Crippen molar-refractivity contribution < 1.29 is 9.72 Å². The quantitative estimate of drug-likeness (QED) is 0.461. The van der Waals surface area contributed by atoms with Gasteiger partial charge in [-0.05, 0) is 18.2 Å². The van der Waals surface area contributed by atoms with Gasteiger partial charge in [0.15, 0.2) is 0 Å². The first-order valence-corrected chi connectivity index (χ1v) is 5.00. The lowest BCUT2D eigenvalue weighted by molar-refractivity contribution is -0.385. The third kappa shape index (κ3) is 1.94. The van der Waals surface area contributed by atoms with Crippen LogP contribution in [0.1, 0.15) is 16.1 Å². The number of carbonyl (C=O) groups is 1. The Balaban J connectivity index is 2.52. The molecule has 2 aromatic rings. The van der Waals surface area contributed by atoms with Crippen molar-refractivity contribution >= 4 is 11.5 Å². The van der Waals surface area contributed by atoms with Gasteiger partial charge in [0, 0.05) is 19.3 Å². The van der Waals surface area contributed by atoms with Gasteiger partial charge in [-0.1, -0.05) is 12.1 Å². The molecule has 0 atom stereocenters. The van der Waals surface area contributed by atoms with E-state index in [0.29, 0.717) is 5.69 Å². The van der Waals surface area contributed by atoms with Crippen molar-refractivity contribution in [2.75, 3.05) is 0 Å². The van der Waals surface area contributed by atoms with Gasteiger partial charge in [-0.25, -0.2) is 0 Å². The molecule has 0 radical (unpaired) electrons. The maximum atomic E-state index is 12.1. The molecule has 0 N–H and O–H groups in total. The summed E-state index contributed by atoms with van der Waals surface area (Å²) in [5.74, 6) is -0.343. The summed E-state index contributed by atoms with van der Waals surface area (Å²) in [4.78, 5) is 22.4. The lowest BCUT2D eigenvalue weighted by Crippen LogP contribution is -2.09. The zero-order valence-corrected chi connectivity index (χ0v) is 9.16. The molecule has 1 aromatic carbocycles. The summed E-state index contributed by atoms with van der Waals surface area (Å²) < 4.78 is 1.64. The minimum atomic E-state index is -0.545. The summed E-state index contributed by atoms with van der Waals surface area (Å²) >= 11 is 0. The van der Waals surface area contributed by atoms with Crippen LogP contribution >= 0.6 is 0 Å². The van der Waals surface area contributed by atoms with Crippen molar-refractivity contribution in [1.29, 1.82) is 0 Å². The molecular formula is C12H10N2O3. The number of carbonyl (C=O) groups excluding carboxylic acids is 1. The lowest BCUT2D eigenvalue weighted by atomic mass is 10.1. The molecule has 2 rings (SSSR count). The average molecular weight is 230 g/mol. The van der Waals surface area contributed by atoms with E-state index in [1.807, 2.05) is 0 Å². The number of nitro benzene ring substituents is 1. The monoisotopic (exact) mass is 230 g/mol. The summed E-state index contributed by atoms with van der Waals surface area (Å²) in [6.45, 7) is 0. The Morgan fingerprint density at radius 1 is 1.24 bits per heavy atom. The normalized spacial score (nSPS) is 10.2. The van der Waals surface area contributed by atoms with Crippen LogP contribution in [0.25, 0.3) is 0 Å². The van der Waals surface area contributed by atoms with Gasteiger partial charge < -0.3 is 4.57 Å². The maximum absolute atomic E-state index is 12.1. The molecule has 0 spiro atoms. The Bertz CT molecular complexity index is 587. The molecule has 0 fully saturated rings. The van der Waals surface area contributed by atoms with Crippen molar-refractivity contribution in [3.8, 4) is 0 Å². The SMILES string of the molecule is Cn1cccc1C(=O)c1ccccc1[N+](=O)[O-]. The van der Waals surface area contributed by atoms with Gasteiger partial charge in [0.2, 0.25) is 5.78 Å². The number of nitro groups is 1. The number of para-hydroxylation sites is 1. The van der Waals surface area contributed by atoms with Gasteiger partial charge in [0.05, 0.1) is 10.6 Å². The van der Waals surface area contributed by atoms with Crippen molar-refractivity contribution in [1.82, 2.24) is 4.57 Å². The van der Waals surface area contributed by atoms with E-state index < -0.39 is 4.92 Å². The van der Waals surface area contributed by atoms with Gasteiger partial charge in [-0.3, -0.25) is 14.9 Å². The van der Waals surface area contributed by atoms with Crippen LogP contribution in [0.3, 0.4) is 0 Å². The van der Waals surface area contributed by atoms with Crippen molar-refractivity contribution in [2.24, 2.45) is 7.05 Å². The van der Waals surface area contributed by atoms with E-state index in [9.17, 15) is 14.9 Å². The molecule has 86 valence electrons. The number of aromatic nitrogens is 1. The van der Waals surface area contributed by atoms with Gasteiger partial charge in [-0.2, -0.15) is 0 Å². The van der Waals surface area contributed by atoms with Gasteiger partial charge >= 0.3 is 0 Å². The van der Waals surface area contributed by atoms with Crippen LogP contribution in [-0.4, -0.2) is 15.3 Å². The molecule has 0 saturated heterocycles. The third-order valence-corrected chi connectivity index (χ3v) is 2.52. The molecule has 0 aliphatic carbocycles. The fourth-order valence-corrected chi connectivity index (χ4v) is 1.66. The Hall–Kier alpha value is -2.43. The number of benzene rings is 1. The van der Waals surface area contributed by atoms with Crippen LogP contribution in [0, 0.1) is 10.1 Å². The minimum absolute atomic E-state index is 0.110. The predicted octanol–water partition coefficient (Wildman–Crippen LogP) is 2.16. The first-order chi connectivity index (χ1) is 8.11. The third-order valence-electron chi connectivity index (χ3n) is 2.52. The van der Waals surface area contributed by atoms with E-state index in [4.69, 9.17) is 0 Å². The maximum Gasteiger partial charge on any atom is 0.280 e. The number of hydrogen-bond acceptors (Lipinski definition) is 3. The molecule has 0 unspecified atom stereocenters. The highest BCUT2D eigenvalue weighted by Crippen LogP contribution is 2.21. The first-order valence-electron chi connectivity index (χ1n) is 5.00. The first kappa shape index (κ1) is 11.1. The van der Waals surface area contributed by atoms with Gasteiger partial charge in [-0.15, -0.1) is 0 Å². The molecule has 0 amide bonds. The summed E-state index contributed by atoms with van der Waals surface area (Å²) in [6.07, 6.45) is 1.72. The summed E-state index contributed by atoms with van der Waals surface area (Å²) in [6, 6.07) is 9.31. The zero-order valence-electron chi connectivity index (χ0n) is 9.16. The van der Waals surface area contributed by atoms with Crippen molar-refractivity contribution in [2.45, 2.75) is 0 Å². The zero-order chi connectivity index (χ0) is 12.4. The van der Waals surface area contributed by atoms with E-state index in [-0.39, 0.29) is 17.0 Å². The number of aryl methyl sites for hydroxylation is 1. The molecule has 0 aliphatic rings. The minimum Gasteiger partial charge on any atom is -0.348 e. The second-order valence-corrected chi connectivity index (χ2v) is 3.61. The molecule has 5 nitrogen and oxygen atoms in total. The molecule has 0 bridgehead atoms. The summed E-state index contributed by atoms with van der Waals surface area (Å²) in [5, 5.41) is 10.8. The standard InChI is InChI=1S/C12H10N2O3/c1-13-8-4-7-11(13)12(15)9-5-2-3-6-10(9)14(16)17/h2-8H,1H3. The Morgan fingerprint density at radius 3 is 2.53 bits per heavy atom. The molecule has 17 heavy (non-hydrogen) atoms. The largest absolute Gasteiger partial charge is 0.348 e. The van der Waals surface area contributed by atoms with E-state index in [1.165, 1.54) is 12.1 Å². The molecule has 0 aliphatic heterocycles. The molecule has 1 aromatic heterocycles. The highest BCUT2D eigenvalue weighted by Gasteiger charge is 2.21. The fraction of sp³-hybridized carbons (Fsp3) is 0.0833. The van der Waals surface area contributed by atoms with Gasteiger partial charge in [0.1, 0.15) is 5.56 Å². The van der Waals surface area contributed by atoms with Crippen molar-refractivity contribution in [3.63, 3.8) is 0 Å². The topological polar surface area (TPSA) is 65.1 Å². The number of ketones is 1. The van der Waals surface area contributed by atoms with Gasteiger partial charge in [0.25, 0.3) is 5.69 Å². The van der Waals surface area contributed by atoms with Crippen LogP contribution < -0.4 is 0 Å². The molecular weight excluding hydrogens is 220 g/mol. The van der Waals surface area contributed by atoms with E-state index >= 15 is 0 Å². The second-order valence-electron chi connectivity index (χ2n) is 3.61. The van der Waals surface area contributed by atoms with E-state index in [1.54, 1.807) is 42.1 Å². The van der Waals surface area contributed by atoms with Crippen LogP contribution in [0.2, 0.25) is 0 Å². The number of rotatable bonds is 3. The highest BCUT2D eigenvalue weighted by atomic mass is 16.6. The lowest BCUT2D eigenvalue weighted by Gasteiger charge is -2.03. The molecule has 0 saturated carbocycles. The molecule has 1 heterocycles. The predicted molar refractivity (Wildman–Crippen MR) is 61.9 cm³/mol. The average Bonchev–Trinajstić information content (AvgIpc) is 2.74. The summed E-state index contributed by atoms with van der Waals surface area (Å²) in [7, 11) is 1.72. The van der Waals surface area contributed by atoms with Crippen LogP contribution in [0.5, 0.6) is 0 Å². The Morgan fingerprint density at radius 2 is 1.94 bits per heavy atom. The highest BCUT2D eigenvalue weighted by molar-refractivity contribution is 6.10. The van der Waals surface area contributed by atoms with E-state index in [0.717, 1.165) is 0 Å². The van der Waals surface area contributed by atoms with Crippen molar-refractivity contribution in [3.05, 3.63) is 64.0 Å². The second kappa shape index (κ2) is 4.21. The number of nitrogens with zero attached hydrogens (tertiary/aromatic N) is 2. The Labute approximate surface area is 97.5 Å². The fourth-order valence-electron chi connectivity index (χ4n) is 1.66. The summed E-state index contributed by atoms with van der Waals surface area (Å²) in [5.41, 5.74) is 0.373. The van der Waals surface area contributed by atoms with Crippen LogP contribution in [0.4, 0.5) is 5.69 Å². The Kier molecular flexibility index (Phi) is 2.74. The van der Waals surface area contributed by atoms with Crippen LogP contribution in [-0.2, 0) is 7.05 Å². The smallest absolute Gasteiger partial charge is 0.280 e. The van der Waals surface area contributed by atoms with Crippen LogP contribution in [0.15, 0.2) is 42.6 Å². The molecule has 5 heteroatoms. The van der Waals surface area contributed by atoms with E-state index in [2.05, 4.69) is 0 Å².